The van der Waals surface area contributed by atoms with Gasteiger partial charge in [-0.05, 0) is 57.7 Å². The van der Waals surface area contributed by atoms with Gasteiger partial charge in [-0.1, -0.05) is 6.92 Å². The molecule has 0 aromatic carbocycles. The van der Waals surface area contributed by atoms with Gasteiger partial charge in [0.1, 0.15) is 0 Å². The minimum Gasteiger partial charge on any atom is -0.303 e. The zero-order valence-corrected chi connectivity index (χ0v) is 9.52. The first-order valence-electron chi connectivity index (χ1n) is 5.61. The Kier molecular flexibility index (Phi) is 5.81. The van der Waals surface area contributed by atoms with Gasteiger partial charge in [0.2, 0.25) is 0 Å². The molecule has 0 bridgehead atoms. The van der Waals surface area contributed by atoms with Crippen LogP contribution in [0.3, 0.4) is 0 Å². The van der Waals surface area contributed by atoms with Crippen molar-refractivity contribution in [2.75, 3.05) is 25.5 Å². The minimum atomic E-state index is 0.824. The SMILES string of the molecule is CC1CCCN(CCCCCl)CC1. The first kappa shape index (κ1) is 11.3. The third-order valence-corrected chi connectivity index (χ3v) is 3.23. The molecule has 1 nitrogen and oxygen atoms in total. The van der Waals surface area contributed by atoms with Crippen molar-refractivity contribution in [2.24, 2.45) is 5.92 Å². The fourth-order valence-corrected chi connectivity index (χ4v) is 2.16. The molecule has 1 atom stereocenters. The summed E-state index contributed by atoms with van der Waals surface area (Å²) in [4.78, 5) is 2.61. The van der Waals surface area contributed by atoms with E-state index in [2.05, 4.69) is 11.8 Å². The lowest BCUT2D eigenvalue weighted by Crippen LogP contribution is -2.25. The minimum absolute atomic E-state index is 0.824. The van der Waals surface area contributed by atoms with E-state index in [-0.39, 0.29) is 0 Å². The molecule has 0 aliphatic carbocycles. The average molecular weight is 204 g/mol. The van der Waals surface area contributed by atoms with E-state index < -0.39 is 0 Å². The van der Waals surface area contributed by atoms with Gasteiger partial charge in [-0.15, -0.1) is 11.6 Å². The molecule has 1 rings (SSSR count). The summed E-state index contributed by atoms with van der Waals surface area (Å²) in [5, 5.41) is 0. The van der Waals surface area contributed by atoms with Gasteiger partial charge in [0.25, 0.3) is 0 Å². The van der Waals surface area contributed by atoms with E-state index in [0.717, 1.165) is 11.8 Å². The highest BCUT2D eigenvalue weighted by Gasteiger charge is 2.12. The van der Waals surface area contributed by atoms with Crippen LogP contribution in [0, 0.1) is 5.92 Å². The van der Waals surface area contributed by atoms with Crippen LogP contribution >= 0.6 is 11.6 Å². The van der Waals surface area contributed by atoms with E-state index in [4.69, 9.17) is 11.6 Å². The Morgan fingerprint density at radius 2 is 2.08 bits per heavy atom. The van der Waals surface area contributed by atoms with Crippen LogP contribution in [-0.4, -0.2) is 30.4 Å². The molecule has 1 aliphatic rings. The highest BCUT2D eigenvalue weighted by Crippen LogP contribution is 2.16. The molecule has 0 aromatic rings. The van der Waals surface area contributed by atoms with E-state index in [1.54, 1.807) is 0 Å². The molecule has 2 heteroatoms. The number of hydrogen-bond acceptors (Lipinski definition) is 1. The van der Waals surface area contributed by atoms with Crippen molar-refractivity contribution in [1.29, 1.82) is 0 Å². The summed E-state index contributed by atoms with van der Waals surface area (Å²) in [6.07, 6.45) is 6.65. The molecular formula is C11H22ClN. The lowest BCUT2D eigenvalue weighted by atomic mass is 10.0. The largest absolute Gasteiger partial charge is 0.303 e. The number of alkyl halides is 1. The second-order valence-corrected chi connectivity index (χ2v) is 4.65. The first-order chi connectivity index (χ1) is 6.33. The Labute approximate surface area is 87.4 Å². The number of unbranched alkanes of at least 4 members (excludes halogenated alkanes) is 1. The molecular weight excluding hydrogens is 182 g/mol. The number of rotatable bonds is 4. The highest BCUT2D eigenvalue weighted by atomic mass is 35.5. The van der Waals surface area contributed by atoms with Crippen molar-refractivity contribution in [3.63, 3.8) is 0 Å². The quantitative estimate of drug-likeness (QED) is 0.501. The van der Waals surface area contributed by atoms with Crippen molar-refractivity contribution in [2.45, 2.75) is 39.0 Å². The van der Waals surface area contributed by atoms with Crippen LogP contribution in [0.2, 0.25) is 0 Å². The van der Waals surface area contributed by atoms with Crippen LogP contribution in [0.25, 0.3) is 0 Å². The molecule has 0 aromatic heterocycles. The number of halogens is 1. The Morgan fingerprint density at radius 1 is 1.23 bits per heavy atom. The van der Waals surface area contributed by atoms with Crippen LogP contribution in [0.15, 0.2) is 0 Å². The van der Waals surface area contributed by atoms with Gasteiger partial charge in [0.05, 0.1) is 0 Å². The Balaban J connectivity index is 2.11. The lowest BCUT2D eigenvalue weighted by Gasteiger charge is -2.19. The molecule has 0 N–H and O–H groups in total. The Morgan fingerprint density at radius 3 is 2.85 bits per heavy atom. The predicted octanol–water partition coefficient (Wildman–Crippen LogP) is 3.13. The molecule has 1 fully saturated rings. The van der Waals surface area contributed by atoms with Gasteiger partial charge < -0.3 is 4.90 Å². The Hall–Kier alpha value is 0.250. The second-order valence-electron chi connectivity index (χ2n) is 4.27. The van der Waals surface area contributed by atoms with E-state index in [1.165, 1.54) is 51.7 Å². The van der Waals surface area contributed by atoms with Crippen molar-refractivity contribution in [3.8, 4) is 0 Å². The van der Waals surface area contributed by atoms with Crippen molar-refractivity contribution < 1.29 is 0 Å². The standard InChI is InChI=1S/C11H22ClN/c1-11-5-4-9-13(10-6-11)8-3-2-7-12/h11H,2-10H2,1H3. The topological polar surface area (TPSA) is 3.24 Å². The molecule has 1 unspecified atom stereocenters. The average Bonchev–Trinajstić information content (AvgIpc) is 2.32. The molecule has 1 aliphatic heterocycles. The van der Waals surface area contributed by atoms with Gasteiger partial charge >= 0.3 is 0 Å². The van der Waals surface area contributed by atoms with E-state index in [9.17, 15) is 0 Å². The van der Waals surface area contributed by atoms with E-state index >= 15 is 0 Å². The summed E-state index contributed by atoms with van der Waals surface area (Å²) >= 11 is 5.66. The normalized spacial score (nSPS) is 25.8. The van der Waals surface area contributed by atoms with Gasteiger partial charge in [0, 0.05) is 5.88 Å². The summed E-state index contributed by atoms with van der Waals surface area (Å²) in [6.45, 7) is 6.26. The number of hydrogen-bond donors (Lipinski definition) is 0. The van der Waals surface area contributed by atoms with Gasteiger partial charge in [-0.25, -0.2) is 0 Å². The van der Waals surface area contributed by atoms with Crippen LogP contribution < -0.4 is 0 Å². The molecule has 78 valence electrons. The van der Waals surface area contributed by atoms with Crippen LogP contribution in [0.1, 0.15) is 39.0 Å². The van der Waals surface area contributed by atoms with Gasteiger partial charge in [0.15, 0.2) is 0 Å². The zero-order valence-electron chi connectivity index (χ0n) is 8.77. The fraction of sp³-hybridized carbons (Fsp3) is 1.00. The van der Waals surface area contributed by atoms with Gasteiger partial charge in [-0.3, -0.25) is 0 Å². The molecule has 0 spiro atoms. The highest BCUT2D eigenvalue weighted by molar-refractivity contribution is 6.17. The smallest absolute Gasteiger partial charge is 0.0223 e. The molecule has 0 saturated carbocycles. The summed E-state index contributed by atoms with van der Waals surface area (Å²) in [7, 11) is 0. The third kappa shape index (κ3) is 4.87. The molecule has 0 radical (unpaired) electrons. The van der Waals surface area contributed by atoms with Crippen molar-refractivity contribution in [3.05, 3.63) is 0 Å². The van der Waals surface area contributed by atoms with Crippen LogP contribution in [0.4, 0.5) is 0 Å². The monoisotopic (exact) mass is 203 g/mol. The fourth-order valence-electron chi connectivity index (χ4n) is 1.98. The zero-order chi connectivity index (χ0) is 9.52. The summed E-state index contributed by atoms with van der Waals surface area (Å²) < 4.78 is 0. The summed E-state index contributed by atoms with van der Waals surface area (Å²) in [5.74, 6) is 1.77. The second kappa shape index (κ2) is 6.67. The van der Waals surface area contributed by atoms with E-state index in [1.807, 2.05) is 0 Å². The number of nitrogens with zero attached hydrogens (tertiary/aromatic N) is 1. The maximum atomic E-state index is 5.66. The summed E-state index contributed by atoms with van der Waals surface area (Å²) in [5.41, 5.74) is 0. The summed E-state index contributed by atoms with van der Waals surface area (Å²) in [6, 6.07) is 0. The Bertz CT molecular complexity index is 127. The lowest BCUT2D eigenvalue weighted by molar-refractivity contribution is 0.277. The van der Waals surface area contributed by atoms with Crippen LogP contribution in [0.5, 0.6) is 0 Å². The molecule has 1 saturated heterocycles. The maximum absolute atomic E-state index is 5.66. The van der Waals surface area contributed by atoms with Crippen LogP contribution in [-0.2, 0) is 0 Å². The van der Waals surface area contributed by atoms with Crippen molar-refractivity contribution in [1.82, 2.24) is 4.90 Å². The third-order valence-electron chi connectivity index (χ3n) is 2.97. The molecule has 13 heavy (non-hydrogen) atoms. The van der Waals surface area contributed by atoms with Gasteiger partial charge in [-0.2, -0.15) is 0 Å². The predicted molar refractivity (Wildman–Crippen MR) is 59.4 cm³/mol. The maximum Gasteiger partial charge on any atom is 0.0223 e. The molecule has 0 amide bonds. The molecule has 1 heterocycles. The number of likely N-dealkylation sites (tertiary alicyclic amines) is 1. The van der Waals surface area contributed by atoms with Crippen molar-refractivity contribution >= 4 is 11.6 Å². The first-order valence-corrected chi connectivity index (χ1v) is 6.14. The van der Waals surface area contributed by atoms with E-state index in [0.29, 0.717) is 0 Å².